The lowest BCUT2D eigenvalue weighted by Crippen LogP contribution is -2.08. The van der Waals surface area contributed by atoms with Crippen LogP contribution in [-0.4, -0.2) is 21.3 Å². The van der Waals surface area contributed by atoms with E-state index in [0.717, 1.165) is 41.2 Å². The van der Waals surface area contributed by atoms with Crippen LogP contribution in [0.1, 0.15) is 32.9 Å². The van der Waals surface area contributed by atoms with E-state index in [4.69, 9.17) is 0 Å². The molecule has 0 bridgehead atoms. The summed E-state index contributed by atoms with van der Waals surface area (Å²) in [5.74, 6) is 2.44. The molecule has 0 aliphatic carbocycles. The molecule has 0 amide bonds. The summed E-state index contributed by atoms with van der Waals surface area (Å²) in [5.41, 5.74) is 1.10. The number of anilines is 1. The van der Waals surface area contributed by atoms with Crippen molar-refractivity contribution >= 4 is 21.7 Å². The van der Waals surface area contributed by atoms with Crippen molar-refractivity contribution in [1.29, 1.82) is 0 Å². The van der Waals surface area contributed by atoms with Gasteiger partial charge in [-0.3, -0.25) is 0 Å². The van der Waals surface area contributed by atoms with Crippen molar-refractivity contribution in [3.8, 4) is 5.82 Å². The van der Waals surface area contributed by atoms with Gasteiger partial charge in [-0.15, -0.1) is 0 Å². The van der Waals surface area contributed by atoms with E-state index in [0.29, 0.717) is 5.92 Å². The Bertz CT molecular complexity index is 546. The fourth-order valence-corrected chi connectivity index (χ4v) is 2.23. The number of nitrogens with one attached hydrogen (secondary N) is 1. The van der Waals surface area contributed by atoms with E-state index >= 15 is 0 Å². The van der Waals surface area contributed by atoms with Crippen molar-refractivity contribution in [2.75, 3.05) is 11.9 Å². The van der Waals surface area contributed by atoms with E-state index in [-0.39, 0.29) is 0 Å². The zero-order valence-electron chi connectivity index (χ0n) is 12.2. The lowest BCUT2D eigenvalue weighted by molar-refractivity contribution is 0.627. The van der Waals surface area contributed by atoms with E-state index in [1.165, 1.54) is 0 Å². The molecule has 2 aromatic heterocycles. The maximum absolute atomic E-state index is 4.68. The summed E-state index contributed by atoms with van der Waals surface area (Å²) in [6, 6.07) is 6.07. The Balaban J connectivity index is 2.32. The van der Waals surface area contributed by atoms with E-state index in [1.807, 2.05) is 16.8 Å². The van der Waals surface area contributed by atoms with Crippen molar-refractivity contribution < 1.29 is 0 Å². The molecule has 2 heterocycles. The van der Waals surface area contributed by atoms with Crippen LogP contribution in [0.3, 0.4) is 0 Å². The van der Waals surface area contributed by atoms with Crippen LogP contribution < -0.4 is 5.32 Å². The zero-order valence-corrected chi connectivity index (χ0v) is 13.8. The predicted octanol–water partition coefficient (Wildman–Crippen LogP) is 4.05. The molecule has 0 aromatic carbocycles. The van der Waals surface area contributed by atoms with Crippen LogP contribution in [0.2, 0.25) is 0 Å². The summed E-state index contributed by atoms with van der Waals surface area (Å²) < 4.78 is 2.86. The van der Waals surface area contributed by atoms with Crippen molar-refractivity contribution in [3.63, 3.8) is 0 Å². The maximum Gasteiger partial charge on any atom is 0.155 e. The van der Waals surface area contributed by atoms with Gasteiger partial charge < -0.3 is 5.32 Å². The Morgan fingerprint density at radius 1 is 1.35 bits per heavy atom. The summed E-state index contributed by atoms with van der Waals surface area (Å²) in [4.78, 5) is 4.42. The fraction of sp³-hybridized carbons (Fsp3) is 0.467. The molecule has 2 aromatic rings. The Morgan fingerprint density at radius 3 is 2.75 bits per heavy atom. The van der Waals surface area contributed by atoms with Gasteiger partial charge >= 0.3 is 0 Å². The molecule has 0 unspecified atom stereocenters. The smallest absolute Gasteiger partial charge is 0.155 e. The van der Waals surface area contributed by atoms with Gasteiger partial charge in [0.05, 0.1) is 5.69 Å². The first kappa shape index (κ1) is 15.0. The normalized spacial score (nSPS) is 11.1. The average molecular weight is 337 g/mol. The Morgan fingerprint density at radius 2 is 2.15 bits per heavy atom. The second kappa shape index (κ2) is 6.88. The van der Waals surface area contributed by atoms with Crippen LogP contribution in [0.5, 0.6) is 0 Å². The predicted molar refractivity (Wildman–Crippen MR) is 86.4 cm³/mol. The van der Waals surface area contributed by atoms with E-state index in [9.17, 15) is 0 Å². The summed E-state index contributed by atoms with van der Waals surface area (Å²) in [6.07, 6.45) is 3.85. The Hall–Kier alpha value is -1.36. The third-order valence-corrected chi connectivity index (χ3v) is 3.33. The number of aromatic nitrogens is 3. The highest BCUT2D eigenvalue weighted by Crippen LogP contribution is 2.19. The van der Waals surface area contributed by atoms with Crippen LogP contribution >= 0.6 is 15.9 Å². The number of halogens is 1. The fourth-order valence-electron chi connectivity index (χ4n) is 2.00. The van der Waals surface area contributed by atoms with Crippen LogP contribution in [0, 0.1) is 5.92 Å². The van der Waals surface area contributed by atoms with Gasteiger partial charge in [-0.25, -0.2) is 4.98 Å². The van der Waals surface area contributed by atoms with Crippen LogP contribution in [0.25, 0.3) is 5.82 Å². The molecule has 1 N–H and O–H groups in total. The first-order valence-electron chi connectivity index (χ1n) is 7.05. The van der Waals surface area contributed by atoms with Crippen LogP contribution in [0.4, 0.5) is 5.82 Å². The Kier molecular flexibility index (Phi) is 5.17. The van der Waals surface area contributed by atoms with Crippen molar-refractivity contribution in [2.24, 2.45) is 5.92 Å². The molecule has 0 saturated carbocycles. The third kappa shape index (κ3) is 3.82. The summed E-state index contributed by atoms with van der Waals surface area (Å²) in [7, 11) is 0. The third-order valence-electron chi connectivity index (χ3n) is 2.86. The number of hydrogen-bond donors (Lipinski definition) is 1. The molecule has 108 valence electrons. The first-order chi connectivity index (χ1) is 9.60. The maximum atomic E-state index is 4.68. The molecule has 0 spiro atoms. The second-order valence-electron chi connectivity index (χ2n) is 5.29. The van der Waals surface area contributed by atoms with Crippen molar-refractivity contribution in [3.05, 3.63) is 34.6 Å². The highest BCUT2D eigenvalue weighted by molar-refractivity contribution is 9.10. The molecule has 0 saturated heterocycles. The van der Waals surface area contributed by atoms with Gasteiger partial charge in [-0.1, -0.05) is 20.8 Å². The minimum absolute atomic E-state index is 0.593. The minimum atomic E-state index is 0.593. The molecular weight excluding hydrogens is 316 g/mol. The first-order valence-corrected chi connectivity index (χ1v) is 7.84. The number of rotatable bonds is 6. The molecule has 20 heavy (non-hydrogen) atoms. The summed E-state index contributed by atoms with van der Waals surface area (Å²) >= 11 is 3.41. The van der Waals surface area contributed by atoms with Gasteiger partial charge in [0.15, 0.2) is 5.82 Å². The molecular formula is C15H21BrN4. The van der Waals surface area contributed by atoms with Gasteiger partial charge in [0.2, 0.25) is 0 Å². The number of nitrogens with zero attached hydrogens (tertiary/aromatic N) is 3. The summed E-state index contributed by atoms with van der Waals surface area (Å²) in [6.45, 7) is 7.50. The topological polar surface area (TPSA) is 42.7 Å². The molecule has 2 rings (SSSR count). The lowest BCUT2D eigenvalue weighted by atomic mass is 10.1. The minimum Gasteiger partial charge on any atom is -0.370 e. The van der Waals surface area contributed by atoms with Crippen molar-refractivity contribution in [1.82, 2.24) is 14.8 Å². The number of hydrogen-bond acceptors (Lipinski definition) is 3. The average Bonchev–Trinajstić information content (AvgIpc) is 2.79. The highest BCUT2D eigenvalue weighted by Gasteiger charge is 2.11. The Labute approximate surface area is 128 Å². The number of pyridine rings is 1. The molecule has 0 aliphatic heterocycles. The lowest BCUT2D eigenvalue weighted by Gasteiger charge is -2.07. The highest BCUT2D eigenvalue weighted by atomic mass is 79.9. The molecule has 0 fully saturated rings. The standard InChI is InChI=1S/C15H21BrN4/c1-4-7-17-15-9-13(8-11(2)3)19-20(15)14-6-5-12(16)10-18-14/h5-6,9-11,17H,4,7-8H2,1-3H3. The van der Waals surface area contributed by atoms with Crippen molar-refractivity contribution in [2.45, 2.75) is 33.6 Å². The SMILES string of the molecule is CCCNc1cc(CC(C)C)nn1-c1ccc(Br)cn1. The molecule has 5 heteroatoms. The molecule has 0 aliphatic rings. The zero-order chi connectivity index (χ0) is 14.5. The van der Waals surface area contributed by atoms with E-state index < -0.39 is 0 Å². The monoisotopic (exact) mass is 336 g/mol. The van der Waals surface area contributed by atoms with E-state index in [1.54, 1.807) is 6.20 Å². The van der Waals surface area contributed by atoms with Gasteiger partial charge in [0.1, 0.15) is 5.82 Å². The quantitative estimate of drug-likeness (QED) is 0.865. The van der Waals surface area contributed by atoms with E-state index in [2.05, 4.69) is 58.2 Å². The van der Waals surface area contributed by atoms with Gasteiger partial charge in [-0.05, 0) is 46.8 Å². The molecule has 0 atom stereocenters. The second-order valence-corrected chi connectivity index (χ2v) is 6.21. The molecule has 0 radical (unpaired) electrons. The van der Waals surface area contributed by atoms with Crippen LogP contribution in [-0.2, 0) is 6.42 Å². The largest absolute Gasteiger partial charge is 0.370 e. The molecule has 4 nitrogen and oxygen atoms in total. The summed E-state index contributed by atoms with van der Waals surface area (Å²) in [5, 5.41) is 8.10. The van der Waals surface area contributed by atoms with Crippen LogP contribution in [0.15, 0.2) is 28.9 Å². The van der Waals surface area contributed by atoms with Gasteiger partial charge in [-0.2, -0.15) is 9.78 Å². The van der Waals surface area contributed by atoms with Gasteiger partial charge in [0.25, 0.3) is 0 Å². The van der Waals surface area contributed by atoms with Gasteiger partial charge in [0, 0.05) is 23.3 Å².